The average molecular weight is 449 g/mol. The highest BCUT2D eigenvalue weighted by atomic mass is 16.6. The third kappa shape index (κ3) is 4.23. The third-order valence-corrected chi connectivity index (χ3v) is 6.04. The van der Waals surface area contributed by atoms with Gasteiger partial charge in [-0.05, 0) is 43.9 Å². The summed E-state index contributed by atoms with van der Waals surface area (Å²) in [6, 6.07) is 18.3. The normalized spacial score (nSPS) is 20.7. The number of carbonyl (C=O) groups excluding carboxylic acids is 2. The van der Waals surface area contributed by atoms with E-state index < -0.39 is 35.0 Å². The van der Waals surface area contributed by atoms with Crippen molar-refractivity contribution in [2.45, 2.75) is 50.8 Å². The van der Waals surface area contributed by atoms with Gasteiger partial charge in [-0.3, -0.25) is 9.69 Å². The summed E-state index contributed by atoms with van der Waals surface area (Å²) >= 11 is 0. The standard InChI is InChI=1S/C26H28N2O5/c1-25(2,3)33-24(32)28-17-20(27-14-13-19-11-7-8-12-21(19)27)16-26(28,23(30)31)22(29)15-18-9-5-4-6-10-18/h4-14,20H,15-17H2,1-3H3,(H,30,31)/t20-,26-/m0/s1. The first-order valence-corrected chi connectivity index (χ1v) is 11.0. The number of fused-ring (bicyclic) bond motifs is 1. The molecule has 0 saturated carbocycles. The van der Waals surface area contributed by atoms with Crippen LogP contribution in [0.3, 0.4) is 0 Å². The van der Waals surface area contributed by atoms with Gasteiger partial charge in [-0.2, -0.15) is 0 Å². The van der Waals surface area contributed by atoms with Gasteiger partial charge >= 0.3 is 12.1 Å². The Hall–Kier alpha value is -3.61. The Balaban J connectivity index is 1.77. The van der Waals surface area contributed by atoms with Gasteiger partial charge in [-0.25, -0.2) is 9.59 Å². The lowest BCUT2D eigenvalue weighted by Crippen LogP contribution is -2.59. The second kappa shape index (κ2) is 8.39. The summed E-state index contributed by atoms with van der Waals surface area (Å²) in [5, 5.41) is 11.4. The number of hydrogen-bond donors (Lipinski definition) is 1. The lowest BCUT2D eigenvalue weighted by Gasteiger charge is -2.34. The molecular formula is C26H28N2O5. The summed E-state index contributed by atoms with van der Waals surface area (Å²) in [5.74, 6) is -1.88. The molecule has 1 aliphatic heterocycles. The molecule has 0 unspecified atom stereocenters. The van der Waals surface area contributed by atoms with Gasteiger partial charge in [0.25, 0.3) is 0 Å². The van der Waals surface area contributed by atoms with Crippen molar-refractivity contribution in [2.24, 2.45) is 0 Å². The maximum atomic E-state index is 13.6. The van der Waals surface area contributed by atoms with Crippen LogP contribution in [0.25, 0.3) is 10.9 Å². The summed E-state index contributed by atoms with van der Waals surface area (Å²) in [6.45, 7) is 5.20. The number of carboxylic acid groups (broad SMARTS) is 1. The van der Waals surface area contributed by atoms with E-state index in [1.54, 1.807) is 45.0 Å². The molecule has 1 aliphatic rings. The van der Waals surface area contributed by atoms with Crippen molar-refractivity contribution in [1.29, 1.82) is 0 Å². The van der Waals surface area contributed by atoms with Crippen LogP contribution in [0.15, 0.2) is 66.9 Å². The van der Waals surface area contributed by atoms with Gasteiger partial charge in [-0.15, -0.1) is 0 Å². The summed E-state index contributed by atoms with van der Waals surface area (Å²) in [4.78, 5) is 40.6. The van der Waals surface area contributed by atoms with E-state index in [0.717, 1.165) is 15.8 Å². The minimum absolute atomic E-state index is 0.0358. The molecule has 2 heterocycles. The molecule has 3 aromatic rings. The van der Waals surface area contributed by atoms with Gasteiger partial charge in [0.15, 0.2) is 5.78 Å². The second-order valence-electron chi connectivity index (χ2n) is 9.48. The van der Waals surface area contributed by atoms with Crippen LogP contribution in [0.1, 0.15) is 38.8 Å². The number of likely N-dealkylation sites (tertiary alicyclic amines) is 1. The number of aliphatic carboxylic acids is 1. The predicted molar refractivity (Wildman–Crippen MR) is 124 cm³/mol. The number of amides is 1. The highest BCUT2D eigenvalue weighted by molar-refractivity contribution is 6.11. The smallest absolute Gasteiger partial charge is 0.411 e. The van der Waals surface area contributed by atoms with Crippen molar-refractivity contribution >= 4 is 28.7 Å². The fourth-order valence-corrected chi connectivity index (χ4v) is 4.55. The highest BCUT2D eigenvalue weighted by Gasteiger charge is 2.59. The Bertz CT molecular complexity index is 1190. The van der Waals surface area contributed by atoms with E-state index in [-0.39, 0.29) is 19.4 Å². The quantitative estimate of drug-likeness (QED) is 0.582. The van der Waals surface area contributed by atoms with Gasteiger partial charge in [0.1, 0.15) is 5.60 Å². The Kier molecular flexibility index (Phi) is 5.74. The molecule has 4 rings (SSSR count). The Morgan fingerprint density at radius 1 is 1.03 bits per heavy atom. The molecular weight excluding hydrogens is 420 g/mol. The molecule has 2 aromatic carbocycles. The minimum atomic E-state index is -2.02. The Morgan fingerprint density at radius 2 is 1.70 bits per heavy atom. The fraction of sp³-hybridized carbons (Fsp3) is 0.346. The van der Waals surface area contributed by atoms with Gasteiger partial charge in [0, 0.05) is 31.1 Å². The zero-order valence-electron chi connectivity index (χ0n) is 19.0. The number of benzene rings is 2. The zero-order chi connectivity index (χ0) is 23.8. The maximum Gasteiger partial charge on any atom is 0.411 e. The number of carboxylic acids is 1. The predicted octanol–water partition coefficient (Wildman–Crippen LogP) is 4.46. The van der Waals surface area contributed by atoms with Crippen molar-refractivity contribution in [3.05, 3.63) is 72.4 Å². The molecule has 0 aliphatic carbocycles. The van der Waals surface area contributed by atoms with Gasteiger partial charge < -0.3 is 14.4 Å². The lowest BCUT2D eigenvalue weighted by atomic mass is 9.86. The molecule has 1 aromatic heterocycles. The molecule has 1 saturated heterocycles. The number of hydrogen-bond acceptors (Lipinski definition) is 4. The first-order chi connectivity index (χ1) is 15.6. The molecule has 7 heteroatoms. The summed E-state index contributed by atoms with van der Waals surface area (Å²) < 4.78 is 7.49. The number of ketones is 1. The molecule has 1 fully saturated rings. The topological polar surface area (TPSA) is 88.8 Å². The second-order valence-corrected chi connectivity index (χ2v) is 9.48. The number of Topliss-reactive ketones (excluding diaryl/α,β-unsaturated/α-hetero) is 1. The molecule has 0 bridgehead atoms. The first-order valence-electron chi connectivity index (χ1n) is 11.0. The first kappa shape index (κ1) is 22.6. The van der Waals surface area contributed by atoms with Crippen molar-refractivity contribution in [2.75, 3.05) is 6.54 Å². The van der Waals surface area contributed by atoms with Crippen molar-refractivity contribution in [1.82, 2.24) is 9.47 Å². The van der Waals surface area contributed by atoms with E-state index in [1.165, 1.54) is 0 Å². The largest absolute Gasteiger partial charge is 0.479 e. The van der Waals surface area contributed by atoms with Crippen LogP contribution < -0.4 is 0 Å². The van der Waals surface area contributed by atoms with Crippen LogP contribution in [0.4, 0.5) is 4.79 Å². The molecule has 33 heavy (non-hydrogen) atoms. The van der Waals surface area contributed by atoms with Gasteiger partial charge in [0.2, 0.25) is 5.54 Å². The third-order valence-electron chi connectivity index (χ3n) is 6.04. The summed E-state index contributed by atoms with van der Waals surface area (Å²) in [5.41, 5.74) is -1.23. The van der Waals surface area contributed by atoms with E-state index in [4.69, 9.17) is 4.74 Å². The number of aromatic nitrogens is 1. The molecule has 2 atom stereocenters. The molecule has 7 nitrogen and oxygen atoms in total. The molecule has 172 valence electrons. The van der Waals surface area contributed by atoms with Crippen LogP contribution in [0.2, 0.25) is 0 Å². The van der Waals surface area contributed by atoms with Crippen LogP contribution in [-0.4, -0.2) is 50.1 Å². The van der Waals surface area contributed by atoms with Crippen molar-refractivity contribution in [3.8, 4) is 0 Å². The number of carbonyl (C=O) groups is 3. The molecule has 0 radical (unpaired) electrons. The number of rotatable bonds is 5. The maximum absolute atomic E-state index is 13.6. The van der Waals surface area contributed by atoms with E-state index in [1.807, 2.05) is 47.2 Å². The summed E-state index contributed by atoms with van der Waals surface area (Å²) in [7, 11) is 0. The van der Waals surface area contributed by atoms with Crippen LogP contribution in [0, 0.1) is 0 Å². The monoisotopic (exact) mass is 448 g/mol. The number of nitrogens with zero attached hydrogens (tertiary/aromatic N) is 2. The molecule has 1 N–H and O–H groups in total. The lowest BCUT2D eigenvalue weighted by molar-refractivity contribution is -0.155. The van der Waals surface area contributed by atoms with Crippen LogP contribution >= 0.6 is 0 Å². The minimum Gasteiger partial charge on any atom is -0.479 e. The van der Waals surface area contributed by atoms with E-state index in [9.17, 15) is 19.5 Å². The molecule has 1 amide bonds. The van der Waals surface area contributed by atoms with E-state index in [0.29, 0.717) is 5.56 Å². The van der Waals surface area contributed by atoms with Crippen molar-refractivity contribution in [3.63, 3.8) is 0 Å². The Labute approximate surface area is 192 Å². The summed E-state index contributed by atoms with van der Waals surface area (Å²) in [6.07, 6.45) is 0.949. The Morgan fingerprint density at radius 3 is 2.36 bits per heavy atom. The average Bonchev–Trinajstić information content (AvgIpc) is 3.36. The molecule has 0 spiro atoms. The van der Waals surface area contributed by atoms with Crippen molar-refractivity contribution < 1.29 is 24.2 Å². The number of ether oxygens (including phenoxy) is 1. The zero-order valence-corrected chi connectivity index (χ0v) is 19.0. The van der Waals surface area contributed by atoms with Crippen LogP contribution in [-0.2, 0) is 20.7 Å². The SMILES string of the molecule is CC(C)(C)OC(=O)N1C[C@@H](n2ccc3ccccc32)C[C@@]1(C(=O)O)C(=O)Cc1ccccc1. The number of para-hydroxylation sites is 1. The van der Waals surface area contributed by atoms with E-state index >= 15 is 0 Å². The fourth-order valence-electron chi connectivity index (χ4n) is 4.55. The van der Waals surface area contributed by atoms with Crippen LogP contribution in [0.5, 0.6) is 0 Å². The highest BCUT2D eigenvalue weighted by Crippen LogP contribution is 2.40. The van der Waals surface area contributed by atoms with Gasteiger partial charge in [0.05, 0.1) is 6.04 Å². The van der Waals surface area contributed by atoms with E-state index in [2.05, 4.69) is 0 Å². The van der Waals surface area contributed by atoms with Gasteiger partial charge in [-0.1, -0.05) is 48.5 Å².